The number of amides is 1. The zero-order valence-electron chi connectivity index (χ0n) is 21.5. The summed E-state index contributed by atoms with van der Waals surface area (Å²) in [4.78, 5) is 34.1. The van der Waals surface area contributed by atoms with Crippen LogP contribution in [0.4, 0.5) is 0 Å². The average Bonchev–Trinajstić information content (AvgIpc) is 2.97. The molecule has 1 unspecified atom stereocenters. The predicted molar refractivity (Wildman–Crippen MR) is 154 cm³/mol. The first kappa shape index (κ1) is 26.4. The smallest absolute Gasteiger partial charge is 0.266 e. The summed E-state index contributed by atoms with van der Waals surface area (Å²) >= 11 is 6.57. The number of halogens is 1. The SMILES string of the molecule is CC(c1nc2ccccc2c(=O)n1-c1ccccc1Cl)N(Cc1ccccc1)C(=O)COCc1ccccc1. The van der Waals surface area contributed by atoms with Crippen molar-refractivity contribution in [3.8, 4) is 5.69 Å². The molecule has 0 N–H and O–H groups in total. The fraction of sp³-hybridized carbons (Fsp3) is 0.156. The van der Waals surface area contributed by atoms with Crippen molar-refractivity contribution in [3.05, 3.63) is 142 Å². The first-order valence-electron chi connectivity index (χ1n) is 12.7. The average molecular weight is 538 g/mol. The lowest BCUT2D eigenvalue weighted by Crippen LogP contribution is -2.39. The quantitative estimate of drug-likeness (QED) is 0.220. The van der Waals surface area contributed by atoms with Crippen LogP contribution < -0.4 is 5.56 Å². The minimum Gasteiger partial charge on any atom is -0.367 e. The number of para-hydroxylation sites is 2. The predicted octanol–water partition coefficient (Wildman–Crippen LogP) is 6.35. The van der Waals surface area contributed by atoms with E-state index in [0.717, 1.165) is 11.1 Å². The number of ether oxygens (including phenoxy) is 1. The third-order valence-electron chi connectivity index (χ3n) is 6.59. The summed E-state index contributed by atoms with van der Waals surface area (Å²) in [5, 5.41) is 0.887. The number of benzene rings is 4. The molecular formula is C32H28ClN3O3. The van der Waals surface area contributed by atoms with Gasteiger partial charge in [-0.3, -0.25) is 14.2 Å². The third-order valence-corrected chi connectivity index (χ3v) is 6.91. The maximum atomic E-state index is 13.8. The van der Waals surface area contributed by atoms with Gasteiger partial charge in [-0.2, -0.15) is 0 Å². The highest BCUT2D eigenvalue weighted by molar-refractivity contribution is 6.32. The van der Waals surface area contributed by atoms with E-state index < -0.39 is 6.04 Å². The van der Waals surface area contributed by atoms with Gasteiger partial charge in [-0.1, -0.05) is 96.5 Å². The fourth-order valence-electron chi connectivity index (χ4n) is 4.57. The topological polar surface area (TPSA) is 64.4 Å². The second-order valence-corrected chi connectivity index (χ2v) is 9.65. The molecular weight excluding hydrogens is 510 g/mol. The fourth-order valence-corrected chi connectivity index (χ4v) is 4.79. The number of nitrogens with zero attached hydrogens (tertiary/aromatic N) is 3. The molecule has 1 heterocycles. The summed E-state index contributed by atoms with van der Waals surface area (Å²) in [6.07, 6.45) is 0. The van der Waals surface area contributed by atoms with Gasteiger partial charge in [0.15, 0.2) is 0 Å². The Labute approximate surface area is 232 Å². The summed E-state index contributed by atoms with van der Waals surface area (Å²) in [6.45, 7) is 2.40. The van der Waals surface area contributed by atoms with E-state index in [0.29, 0.717) is 40.6 Å². The number of hydrogen-bond donors (Lipinski definition) is 0. The molecule has 1 aromatic heterocycles. The van der Waals surface area contributed by atoms with E-state index in [9.17, 15) is 9.59 Å². The van der Waals surface area contributed by atoms with Crippen LogP contribution in [-0.4, -0.2) is 27.0 Å². The second-order valence-electron chi connectivity index (χ2n) is 9.24. The molecule has 0 radical (unpaired) electrons. The van der Waals surface area contributed by atoms with Crippen LogP contribution in [0.1, 0.15) is 29.9 Å². The Morgan fingerprint density at radius 1 is 0.872 bits per heavy atom. The summed E-state index contributed by atoms with van der Waals surface area (Å²) < 4.78 is 7.33. The first-order chi connectivity index (χ1) is 19.0. The van der Waals surface area contributed by atoms with Crippen molar-refractivity contribution in [2.75, 3.05) is 6.61 Å². The summed E-state index contributed by atoms with van der Waals surface area (Å²) in [7, 11) is 0. The van der Waals surface area contributed by atoms with Crippen LogP contribution in [0.25, 0.3) is 16.6 Å². The standard InChI is InChI=1S/C32H28ClN3O3/c1-23(31-34-28-18-10-8-16-26(28)32(38)36(31)29-19-11-9-17-27(29)33)35(20-24-12-4-2-5-13-24)30(37)22-39-21-25-14-6-3-7-15-25/h2-19,23H,20-22H2,1H3. The molecule has 0 saturated heterocycles. The molecule has 7 heteroatoms. The van der Waals surface area contributed by atoms with Crippen molar-refractivity contribution in [3.63, 3.8) is 0 Å². The molecule has 0 bridgehead atoms. The molecule has 5 aromatic rings. The van der Waals surface area contributed by atoms with Crippen LogP contribution in [0, 0.1) is 0 Å². The lowest BCUT2D eigenvalue weighted by Gasteiger charge is -2.31. The van der Waals surface area contributed by atoms with Crippen molar-refractivity contribution in [2.24, 2.45) is 0 Å². The van der Waals surface area contributed by atoms with Gasteiger partial charge in [0.1, 0.15) is 12.4 Å². The third kappa shape index (κ3) is 5.93. The number of rotatable bonds is 9. The van der Waals surface area contributed by atoms with Gasteiger partial charge in [0.05, 0.1) is 34.3 Å². The van der Waals surface area contributed by atoms with Crippen LogP contribution in [0.3, 0.4) is 0 Å². The van der Waals surface area contributed by atoms with E-state index in [1.165, 1.54) is 4.57 Å². The van der Waals surface area contributed by atoms with E-state index in [1.54, 1.807) is 35.2 Å². The Bertz CT molecular complexity index is 1640. The normalized spacial score (nSPS) is 11.8. The van der Waals surface area contributed by atoms with Crippen LogP contribution in [-0.2, 0) is 22.7 Å². The zero-order chi connectivity index (χ0) is 27.2. The molecule has 4 aromatic carbocycles. The van der Waals surface area contributed by atoms with Gasteiger partial charge in [0.2, 0.25) is 5.91 Å². The molecule has 0 aliphatic carbocycles. The van der Waals surface area contributed by atoms with Gasteiger partial charge in [0, 0.05) is 6.54 Å². The van der Waals surface area contributed by atoms with Crippen LogP contribution in [0.15, 0.2) is 114 Å². The van der Waals surface area contributed by atoms with Crippen LogP contribution in [0.2, 0.25) is 5.02 Å². The minimum absolute atomic E-state index is 0.115. The summed E-state index contributed by atoms with van der Waals surface area (Å²) in [5.74, 6) is 0.203. The first-order valence-corrected chi connectivity index (χ1v) is 13.1. The highest BCUT2D eigenvalue weighted by Crippen LogP contribution is 2.27. The molecule has 0 aliphatic rings. The van der Waals surface area contributed by atoms with Gasteiger partial charge in [0.25, 0.3) is 5.56 Å². The molecule has 0 saturated carbocycles. The van der Waals surface area contributed by atoms with Crippen molar-refractivity contribution in [1.82, 2.24) is 14.5 Å². The van der Waals surface area contributed by atoms with E-state index in [4.69, 9.17) is 21.3 Å². The lowest BCUT2D eigenvalue weighted by molar-refractivity contribution is -0.139. The van der Waals surface area contributed by atoms with Crippen molar-refractivity contribution < 1.29 is 9.53 Å². The minimum atomic E-state index is -0.577. The highest BCUT2D eigenvalue weighted by atomic mass is 35.5. The number of aromatic nitrogens is 2. The van der Waals surface area contributed by atoms with Gasteiger partial charge in [-0.25, -0.2) is 4.98 Å². The number of carbonyl (C=O) groups is 1. The molecule has 0 aliphatic heterocycles. The van der Waals surface area contributed by atoms with Crippen LogP contribution >= 0.6 is 11.6 Å². The molecule has 6 nitrogen and oxygen atoms in total. The van der Waals surface area contributed by atoms with Gasteiger partial charge in [-0.05, 0) is 42.3 Å². The van der Waals surface area contributed by atoms with Crippen molar-refractivity contribution in [1.29, 1.82) is 0 Å². The maximum absolute atomic E-state index is 13.8. The summed E-state index contributed by atoms with van der Waals surface area (Å²) in [6, 6.07) is 33.2. The van der Waals surface area contributed by atoms with Crippen molar-refractivity contribution >= 4 is 28.4 Å². The number of carbonyl (C=O) groups excluding carboxylic acids is 1. The van der Waals surface area contributed by atoms with E-state index in [1.807, 2.05) is 85.8 Å². The monoisotopic (exact) mass is 537 g/mol. The van der Waals surface area contributed by atoms with Gasteiger partial charge in [-0.15, -0.1) is 0 Å². The van der Waals surface area contributed by atoms with Gasteiger partial charge < -0.3 is 9.64 Å². The Balaban J connectivity index is 1.56. The molecule has 1 atom stereocenters. The Kier molecular flexibility index (Phi) is 8.16. The Hall–Kier alpha value is -4.26. The Morgan fingerprint density at radius 3 is 2.21 bits per heavy atom. The molecule has 5 rings (SSSR count). The second kappa shape index (κ2) is 12.1. The lowest BCUT2D eigenvalue weighted by atomic mass is 10.1. The zero-order valence-corrected chi connectivity index (χ0v) is 22.3. The summed E-state index contributed by atoms with van der Waals surface area (Å²) in [5.41, 5.74) is 2.75. The molecule has 1 amide bonds. The van der Waals surface area contributed by atoms with Crippen LogP contribution in [0.5, 0.6) is 0 Å². The highest BCUT2D eigenvalue weighted by Gasteiger charge is 2.27. The number of fused-ring (bicyclic) bond motifs is 1. The maximum Gasteiger partial charge on any atom is 0.266 e. The van der Waals surface area contributed by atoms with E-state index in [2.05, 4.69) is 0 Å². The van der Waals surface area contributed by atoms with Gasteiger partial charge >= 0.3 is 0 Å². The largest absolute Gasteiger partial charge is 0.367 e. The molecule has 0 spiro atoms. The molecule has 196 valence electrons. The van der Waals surface area contributed by atoms with Crippen molar-refractivity contribution in [2.45, 2.75) is 26.1 Å². The van der Waals surface area contributed by atoms with E-state index in [-0.39, 0.29) is 18.1 Å². The number of hydrogen-bond acceptors (Lipinski definition) is 4. The Morgan fingerprint density at radius 2 is 1.49 bits per heavy atom. The molecule has 39 heavy (non-hydrogen) atoms. The van der Waals surface area contributed by atoms with E-state index >= 15 is 0 Å². The molecule has 0 fully saturated rings.